The number of aromatic nitrogens is 2. The lowest BCUT2D eigenvalue weighted by Crippen LogP contribution is -2.12. The summed E-state index contributed by atoms with van der Waals surface area (Å²) in [5.74, 6) is 0.824. The minimum atomic E-state index is 0.632. The molecule has 1 aliphatic heterocycles. The van der Waals surface area contributed by atoms with E-state index in [1.165, 1.54) is 0 Å². The average molecular weight is 166 g/mol. The second-order valence-corrected chi connectivity index (χ2v) is 2.51. The Kier molecular flexibility index (Phi) is 1.98. The standard InChI is InChI=1S/C8H10N2O2/c1-2-9-10(3-1)6-8-7-11-4-5-12-8/h1-3,7H,4-6H2. The molecule has 12 heavy (non-hydrogen) atoms. The van der Waals surface area contributed by atoms with Crippen LogP contribution in [0.15, 0.2) is 30.5 Å². The van der Waals surface area contributed by atoms with Crippen LogP contribution in [0.1, 0.15) is 0 Å². The Balaban J connectivity index is 1.98. The van der Waals surface area contributed by atoms with Gasteiger partial charge in [-0.15, -0.1) is 0 Å². The molecule has 0 aromatic carbocycles. The van der Waals surface area contributed by atoms with Crippen LogP contribution in [0.25, 0.3) is 0 Å². The van der Waals surface area contributed by atoms with E-state index in [9.17, 15) is 0 Å². The molecule has 0 bridgehead atoms. The summed E-state index contributed by atoms with van der Waals surface area (Å²) in [6.45, 7) is 1.92. The molecule has 4 nitrogen and oxygen atoms in total. The minimum absolute atomic E-state index is 0.632. The molecule has 1 aromatic heterocycles. The van der Waals surface area contributed by atoms with Gasteiger partial charge in [0.05, 0.1) is 0 Å². The first-order chi connectivity index (χ1) is 5.95. The van der Waals surface area contributed by atoms with Gasteiger partial charge in [0.1, 0.15) is 26.0 Å². The first-order valence-corrected chi connectivity index (χ1v) is 3.86. The van der Waals surface area contributed by atoms with Crippen molar-refractivity contribution in [3.63, 3.8) is 0 Å². The molecule has 0 saturated heterocycles. The lowest BCUT2D eigenvalue weighted by atomic mass is 10.5. The Bertz CT molecular complexity index is 267. The van der Waals surface area contributed by atoms with E-state index < -0.39 is 0 Å². The minimum Gasteiger partial charge on any atom is -0.494 e. The van der Waals surface area contributed by atoms with Gasteiger partial charge in [-0.25, -0.2) is 0 Å². The first kappa shape index (κ1) is 7.21. The van der Waals surface area contributed by atoms with Crippen molar-refractivity contribution in [3.8, 4) is 0 Å². The van der Waals surface area contributed by atoms with Gasteiger partial charge in [-0.05, 0) is 6.07 Å². The van der Waals surface area contributed by atoms with Gasteiger partial charge in [-0.2, -0.15) is 5.10 Å². The van der Waals surface area contributed by atoms with Gasteiger partial charge in [-0.3, -0.25) is 4.68 Å². The van der Waals surface area contributed by atoms with Gasteiger partial charge in [0.25, 0.3) is 0 Å². The second kappa shape index (κ2) is 3.30. The monoisotopic (exact) mass is 166 g/mol. The quantitative estimate of drug-likeness (QED) is 0.651. The maximum absolute atomic E-state index is 5.33. The molecule has 1 aromatic rings. The topological polar surface area (TPSA) is 36.3 Å². The number of ether oxygens (including phenoxy) is 2. The van der Waals surface area contributed by atoms with Gasteiger partial charge in [-0.1, -0.05) is 0 Å². The first-order valence-electron chi connectivity index (χ1n) is 3.86. The van der Waals surface area contributed by atoms with E-state index in [0.717, 1.165) is 5.76 Å². The number of hydrogen-bond acceptors (Lipinski definition) is 3. The lowest BCUT2D eigenvalue weighted by Gasteiger charge is -2.15. The summed E-state index contributed by atoms with van der Waals surface area (Å²) in [6, 6.07) is 1.88. The molecule has 0 spiro atoms. The molecule has 4 heteroatoms. The van der Waals surface area contributed by atoms with Gasteiger partial charge in [0, 0.05) is 12.4 Å². The van der Waals surface area contributed by atoms with Crippen molar-refractivity contribution in [3.05, 3.63) is 30.5 Å². The zero-order valence-electron chi connectivity index (χ0n) is 6.64. The fourth-order valence-corrected chi connectivity index (χ4v) is 1.04. The lowest BCUT2D eigenvalue weighted by molar-refractivity contribution is 0.0760. The second-order valence-electron chi connectivity index (χ2n) is 2.51. The summed E-state index contributed by atoms with van der Waals surface area (Å²) in [5, 5.41) is 4.05. The van der Waals surface area contributed by atoms with Gasteiger partial charge >= 0.3 is 0 Å². The molecule has 0 aliphatic carbocycles. The maximum Gasteiger partial charge on any atom is 0.152 e. The van der Waals surface area contributed by atoms with Crippen LogP contribution in [-0.2, 0) is 16.0 Å². The highest BCUT2D eigenvalue weighted by atomic mass is 16.6. The zero-order chi connectivity index (χ0) is 8.23. The number of allylic oxidation sites excluding steroid dienone is 1. The highest BCUT2D eigenvalue weighted by Gasteiger charge is 2.05. The van der Waals surface area contributed by atoms with E-state index in [1.54, 1.807) is 17.1 Å². The maximum atomic E-state index is 5.33. The molecule has 64 valence electrons. The molecule has 2 heterocycles. The van der Waals surface area contributed by atoms with Gasteiger partial charge in [0.15, 0.2) is 5.76 Å². The molecule has 1 aliphatic rings. The third-order valence-corrected chi connectivity index (χ3v) is 1.58. The molecule has 2 rings (SSSR count). The highest BCUT2D eigenvalue weighted by molar-refractivity contribution is 4.91. The predicted octanol–water partition coefficient (Wildman–Crippen LogP) is 0.771. The molecule has 0 atom stereocenters. The normalized spacial score (nSPS) is 16.2. The molecule has 0 unspecified atom stereocenters. The van der Waals surface area contributed by atoms with Crippen LogP contribution >= 0.6 is 0 Å². The van der Waals surface area contributed by atoms with E-state index >= 15 is 0 Å². The van der Waals surface area contributed by atoms with E-state index in [-0.39, 0.29) is 0 Å². The van der Waals surface area contributed by atoms with Gasteiger partial charge in [0.2, 0.25) is 0 Å². The van der Waals surface area contributed by atoms with Crippen molar-refractivity contribution in [2.24, 2.45) is 0 Å². The molecular formula is C8H10N2O2. The van der Waals surface area contributed by atoms with Crippen molar-refractivity contribution in [1.29, 1.82) is 0 Å². The average Bonchev–Trinajstić information content (AvgIpc) is 2.59. The van der Waals surface area contributed by atoms with Crippen LogP contribution in [0.5, 0.6) is 0 Å². The Labute approximate surface area is 70.4 Å². The molecular weight excluding hydrogens is 156 g/mol. The Morgan fingerprint density at radius 3 is 3.17 bits per heavy atom. The summed E-state index contributed by atoms with van der Waals surface area (Å²) < 4.78 is 12.2. The summed E-state index contributed by atoms with van der Waals surface area (Å²) in [4.78, 5) is 0. The van der Waals surface area contributed by atoms with Crippen LogP contribution in [0, 0.1) is 0 Å². The number of rotatable bonds is 2. The third kappa shape index (κ3) is 1.58. The number of hydrogen-bond donors (Lipinski definition) is 0. The molecule has 0 amide bonds. The van der Waals surface area contributed by atoms with Crippen LogP contribution in [-0.4, -0.2) is 23.0 Å². The SMILES string of the molecule is C1=C(Cn2cccn2)OCCO1. The van der Waals surface area contributed by atoms with E-state index in [4.69, 9.17) is 9.47 Å². The third-order valence-electron chi connectivity index (χ3n) is 1.58. The predicted molar refractivity (Wildman–Crippen MR) is 42.2 cm³/mol. The molecule has 0 saturated carbocycles. The summed E-state index contributed by atoms with van der Waals surface area (Å²) in [6.07, 6.45) is 5.27. The smallest absolute Gasteiger partial charge is 0.152 e. The van der Waals surface area contributed by atoms with Crippen molar-refractivity contribution in [2.45, 2.75) is 6.54 Å². The van der Waals surface area contributed by atoms with Crippen LogP contribution in [0.3, 0.4) is 0 Å². The van der Waals surface area contributed by atoms with Crippen LogP contribution < -0.4 is 0 Å². The summed E-state index contributed by atoms with van der Waals surface area (Å²) in [7, 11) is 0. The van der Waals surface area contributed by atoms with Crippen molar-refractivity contribution in [2.75, 3.05) is 13.2 Å². The molecule has 0 radical (unpaired) electrons. The highest BCUT2D eigenvalue weighted by Crippen LogP contribution is 2.05. The Hall–Kier alpha value is -1.45. The van der Waals surface area contributed by atoms with Crippen molar-refractivity contribution in [1.82, 2.24) is 9.78 Å². The number of nitrogens with zero attached hydrogens (tertiary/aromatic N) is 2. The molecule has 0 fully saturated rings. The summed E-state index contributed by atoms with van der Waals surface area (Å²) in [5.41, 5.74) is 0. The Morgan fingerprint density at radius 1 is 1.50 bits per heavy atom. The largest absolute Gasteiger partial charge is 0.494 e. The zero-order valence-corrected chi connectivity index (χ0v) is 6.64. The fourth-order valence-electron chi connectivity index (χ4n) is 1.04. The van der Waals surface area contributed by atoms with Crippen LogP contribution in [0.2, 0.25) is 0 Å². The fraction of sp³-hybridized carbons (Fsp3) is 0.375. The van der Waals surface area contributed by atoms with E-state index in [1.807, 2.05) is 12.3 Å². The van der Waals surface area contributed by atoms with E-state index in [0.29, 0.717) is 19.8 Å². The van der Waals surface area contributed by atoms with Gasteiger partial charge < -0.3 is 9.47 Å². The Morgan fingerprint density at radius 2 is 2.50 bits per heavy atom. The van der Waals surface area contributed by atoms with Crippen molar-refractivity contribution >= 4 is 0 Å². The summed E-state index contributed by atoms with van der Waals surface area (Å²) >= 11 is 0. The van der Waals surface area contributed by atoms with E-state index in [2.05, 4.69) is 5.10 Å². The van der Waals surface area contributed by atoms with Crippen molar-refractivity contribution < 1.29 is 9.47 Å². The molecule has 0 N–H and O–H groups in total. The van der Waals surface area contributed by atoms with Crippen LogP contribution in [0.4, 0.5) is 0 Å².